The van der Waals surface area contributed by atoms with Crippen molar-refractivity contribution >= 4 is 5.97 Å². The molecule has 0 fully saturated rings. The van der Waals surface area contributed by atoms with E-state index in [2.05, 4.69) is 14.5 Å². The van der Waals surface area contributed by atoms with Gasteiger partial charge in [0.15, 0.2) is 5.69 Å². The first-order valence-electron chi connectivity index (χ1n) is 5.91. The first kappa shape index (κ1) is 18.2. The van der Waals surface area contributed by atoms with Crippen molar-refractivity contribution < 1.29 is 40.6 Å². The molecule has 0 spiro atoms. The third-order valence-corrected chi connectivity index (χ3v) is 2.26. The molecule has 1 rings (SSSR count). The molecule has 0 unspecified atom stereocenters. The molecule has 4 nitrogen and oxygen atoms in total. The van der Waals surface area contributed by atoms with E-state index in [0.29, 0.717) is 0 Å². The molecule has 10 heteroatoms. The van der Waals surface area contributed by atoms with E-state index in [0.717, 1.165) is 12.3 Å². The summed E-state index contributed by atoms with van der Waals surface area (Å²) in [6.07, 6.45) is -8.77. The molecule has 0 aromatic carbocycles. The van der Waals surface area contributed by atoms with Gasteiger partial charge in [-0.2, -0.15) is 26.3 Å². The third-order valence-electron chi connectivity index (χ3n) is 2.26. The highest BCUT2D eigenvalue weighted by atomic mass is 19.4. The molecule has 0 bridgehead atoms. The minimum absolute atomic E-state index is 0.348. The second-order valence-corrected chi connectivity index (χ2v) is 4.09. The number of hydrogen-bond donors (Lipinski definition) is 0. The normalized spacial score (nSPS) is 12.3. The molecule has 1 aromatic rings. The van der Waals surface area contributed by atoms with Gasteiger partial charge >= 0.3 is 18.3 Å². The molecule has 0 radical (unpaired) electrons. The van der Waals surface area contributed by atoms with Crippen LogP contribution in [0, 0.1) is 0 Å². The Labute approximate surface area is 121 Å². The maximum Gasteiger partial charge on any atom is 0.433 e. The minimum Gasteiger partial charge on any atom is -0.461 e. The molecule has 0 saturated carbocycles. The Hall–Kier alpha value is -1.84. The van der Waals surface area contributed by atoms with Crippen LogP contribution in [0.15, 0.2) is 18.3 Å². The molecule has 0 aliphatic carbocycles. The van der Waals surface area contributed by atoms with E-state index in [4.69, 9.17) is 0 Å². The summed E-state index contributed by atoms with van der Waals surface area (Å²) in [7, 11) is 0. The number of esters is 1. The van der Waals surface area contributed by atoms with Gasteiger partial charge < -0.3 is 9.47 Å². The highest BCUT2D eigenvalue weighted by Gasteiger charge is 2.35. The van der Waals surface area contributed by atoms with Crippen molar-refractivity contribution in [3.63, 3.8) is 0 Å². The van der Waals surface area contributed by atoms with Gasteiger partial charge in [-0.25, -0.2) is 0 Å². The van der Waals surface area contributed by atoms with Gasteiger partial charge in [-0.15, -0.1) is 0 Å². The number of rotatable bonds is 6. The Kier molecular flexibility index (Phi) is 6.15. The summed E-state index contributed by atoms with van der Waals surface area (Å²) >= 11 is 0. The standard InChI is InChI=1S/C12H11F6NO3/c13-11(14,15)7-21-5-3-9(20)22-6-8-2-1-4-19-10(8)12(16,17)18/h1-2,4H,3,5-7H2. The van der Waals surface area contributed by atoms with Crippen LogP contribution >= 0.6 is 0 Å². The Bertz CT molecular complexity index is 500. The zero-order valence-corrected chi connectivity index (χ0v) is 11.0. The molecule has 1 aromatic heterocycles. The SMILES string of the molecule is O=C(CCOCC(F)(F)F)OCc1cccnc1C(F)(F)F. The molecule has 22 heavy (non-hydrogen) atoms. The van der Waals surface area contributed by atoms with Crippen LogP contribution in [0.3, 0.4) is 0 Å². The quantitative estimate of drug-likeness (QED) is 0.457. The van der Waals surface area contributed by atoms with E-state index in [9.17, 15) is 31.1 Å². The summed E-state index contributed by atoms with van der Waals surface area (Å²) in [4.78, 5) is 14.4. The van der Waals surface area contributed by atoms with E-state index >= 15 is 0 Å². The molecular formula is C12H11F6NO3. The maximum absolute atomic E-state index is 12.6. The number of aromatic nitrogens is 1. The smallest absolute Gasteiger partial charge is 0.433 e. The first-order valence-corrected chi connectivity index (χ1v) is 5.91. The predicted octanol–water partition coefficient (Wildman–Crippen LogP) is 3.11. The van der Waals surface area contributed by atoms with Crippen LogP contribution in [0.5, 0.6) is 0 Å². The van der Waals surface area contributed by atoms with Gasteiger partial charge in [-0.05, 0) is 6.07 Å². The minimum atomic E-state index is -4.70. The van der Waals surface area contributed by atoms with Crippen LogP contribution in [0.1, 0.15) is 17.7 Å². The number of halogens is 6. The van der Waals surface area contributed by atoms with E-state index in [-0.39, 0.29) is 5.56 Å². The van der Waals surface area contributed by atoms with E-state index in [1.807, 2.05) is 0 Å². The Balaban J connectivity index is 2.42. The molecule has 0 amide bonds. The van der Waals surface area contributed by atoms with E-state index < -0.39 is 50.3 Å². The largest absolute Gasteiger partial charge is 0.461 e. The first-order chi connectivity index (χ1) is 10.1. The predicted molar refractivity (Wildman–Crippen MR) is 60.5 cm³/mol. The highest BCUT2D eigenvalue weighted by Crippen LogP contribution is 2.30. The Morgan fingerprint density at radius 3 is 2.45 bits per heavy atom. The van der Waals surface area contributed by atoms with Crippen molar-refractivity contribution in [1.29, 1.82) is 0 Å². The zero-order chi connectivity index (χ0) is 16.8. The fourth-order valence-corrected chi connectivity index (χ4v) is 1.38. The third kappa shape index (κ3) is 6.74. The topological polar surface area (TPSA) is 48.4 Å². The summed E-state index contributed by atoms with van der Waals surface area (Å²) in [5.41, 5.74) is -1.53. The van der Waals surface area contributed by atoms with Crippen LogP contribution in [0.25, 0.3) is 0 Å². The second-order valence-electron chi connectivity index (χ2n) is 4.09. The number of pyridine rings is 1. The lowest BCUT2D eigenvalue weighted by Gasteiger charge is -2.12. The summed E-state index contributed by atoms with van der Waals surface area (Å²) in [6.45, 7) is -2.74. The number of alkyl halides is 6. The monoisotopic (exact) mass is 331 g/mol. The number of hydrogen-bond acceptors (Lipinski definition) is 4. The average Bonchev–Trinajstić information content (AvgIpc) is 2.39. The number of nitrogens with zero attached hydrogens (tertiary/aromatic N) is 1. The number of ether oxygens (including phenoxy) is 2. The van der Waals surface area contributed by atoms with Gasteiger partial charge in [0.05, 0.1) is 13.0 Å². The van der Waals surface area contributed by atoms with Crippen LogP contribution in [-0.4, -0.2) is 30.3 Å². The maximum atomic E-state index is 12.6. The zero-order valence-electron chi connectivity index (χ0n) is 11.0. The fraction of sp³-hybridized carbons (Fsp3) is 0.500. The molecule has 0 saturated heterocycles. The molecule has 0 atom stereocenters. The van der Waals surface area contributed by atoms with Gasteiger partial charge in [-0.1, -0.05) is 6.07 Å². The van der Waals surface area contributed by atoms with Gasteiger partial charge in [0.2, 0.25) is 0 Å². The lowest BCUT2D eigenvalue weighted by atomic mass is 10.2. The van der Waals surface area contributed by atoms with Crippen molar-refractivity contribution in [1.82, 2.24) is 4.98 Å². The Morgan fingerprint density at radius 1 is 1.18 bits per heavy atom. The van der Waals surface area contributed by atoms with Gasteiger partial charge in [0.1, 0.15) is 13.2 Å². The average molecular weight is 331 g/mol. The number of carbonyl (C=O) groups is 1. The van der Waals surface area contributed by atoms with Crippen molar-refractivity contribution in [2.75, 3.05) is 13.2 Å². The molecule has 0 aliphatic rings. The van der Waals surface area contributed by atoms with E-state index in [1.54, 1.807) is 0 Å². The van der Waals surface area contributed by atoms with Gasteiger partial charge in [-0.3, -0.25) is 9.78 Å². The van der Waals surface area contributed by atoms with Crippen molar-refractivity contribution in [3.05, 3.63) is 29.6 Å². The van der Waals surface area contributed by atoms with Crippen molar-refractivity contribution in [2.45, 2.75) is 25.4 Å². The second kappa shape index (κ2) is 7.43. The fourth-order valence-electron chi connectivity index (χ4n) is 1.38. The molecular weight excluding hydrogens is 320 g/mol. The molecule has 1 heterocycles. The van der Waals surface area contributed by atoms with Crippen molar-refractivity contribution in [2.24, 2.45) is 0 Å². The van der Waals surface area contributed by atoms with Crippen molar-refractivity contribution in [3.8, 4) is 0 Å². The lowest BCUT2D eigenvalue weighted by molar-refractivity contribution is -0.176. The molecule has 124 valence electrons. The van der Waals surface area contributed by atoms with Crippen LogP contribution in [0.2, 0.25) is 0 Å². The summed E-state index contributed by atoms with van der Waals surface area (Å²) < 4.78 is 81.8. The highest BCUT2D eigenvalue weighted by molar-refractivity contribution is 5.69. The van der Waals surface area contributed by atoms with Gasteiger partial charge in [0, 0.05) is 11.8 Å². The number of carbonyl (C=O) groups excluding carboxylic acids is 1. The van der Waals surface area contributed by atoms with Crippen LogP contribution in [-0.2, 0) is 27.1 Å². The summed E-state index contributed by atoms with van der Waals surface area (Å²) in [5.74, 6) is -0.973. The summed E-state index contributed by atoms with van der Waals surface area (Å²) in [6, 6.07) is 2.33. The summed E-state index contributed by atoms with van der Waals surface area (Å²) in [5, 5.41) is 0. The Morgan fingerprint density at radius 2 is 1.86 bits per heavy atom. The van der Waals surface area contributed by atoms with Gasteiger partial charge in [0.25, 0.3) is 0 Å². The molecule has 0 aliphatic heterocycles. The molecule has 0 N–H and O–H groups in total. The van der Waals surface area contributed by atoms with Crippen LogP contribution in [0.4, 0.5) is 26.3 Å². The van der Waals surface area contributed by atoms with E-state index in [1.165, 1.54) is 6.07 Å². The van der Waals surface area contributed by atoms with Crippen LogP contribution < -0.4 is 0 Å². The lowest BCUT2D eigenvalue weighted by Crippen LogP contribution is -2.19.